The van der Waals surface area contributed by atoms with Crippen LogP contribution in [-0.2, 0) is 22.6 Å². The van der Waals surface area contributed by atoms with E-state index in [1.807, 2.05) is 24.3 Å². The Morgan fingerprint density at radius 3 is 2.43 bits per heavy atom. The number of carbonyl (C=O) groups is 2. The number of carboxylic acids is 1. The molecular weight excluding hydrogens is 292 g/mol. The Labute approximate surface area is 128 Å². The highest BCUT2D eigenvalue weighted by Crippen LogP contribution is 2.15. The number of aliphatic carboxylic acids is 1. The van der Waals surface area contributed by atoms with E-state index in [1.54, 1.807) is 0 Å². The lowest BCUT2D eigenvalue weighted by atomic mass is 9.96. The van der Waals surface area contributed by atoms with Crippen molar-refractivity contribution in [1.29, 1.82) is 0 Å². The Balaban J connectivity index is 2.65. The van der Waals surface area contributed by atoms with Gasteiger partial charge in [0.15, 0.2) is 6.10 Å². The molecule has 0 bridgehead atoms. The largest absolute Gasteiger partial charge is 0.479 e. The molecule has 0 saturated heterocycles. The average Bonchev–Trinajstić information content (AvgIpc) is 2.49. The normalized spacial score (nSPS) is 13.5. The Morgan fingerprint density at radius 2 is 1.90 bits per heavy atom. The lowest BCUT2D eigenvalue weighted by Gasteiger charge is -2.17. The molecule has 0 aromatic heterocycles. The third-order valence-corrected chi connectivity index (χ3v) is 3.59. The zero-order valence-corrected chi connectivity index (χ0v) is 12.4. The van der Waals surface area contributed by atoms with E-state index in [1.165, 1.54) is 0 Å². The number of thiol groups is 1. The van der Waals surface area contributed by atoms with Gasteiger partial charge in [0, 0.05) is 12.3 Å². The SMILES string of the molecule is NCc1ccccc1C[C@H](CS)C(=O)NC[C@H](O)C(=O)O. The summed E-state index contributed by atoms with van der Waals surface area (Å²) in [5.74, 6) is -1.81. The van der Waals surface area contributed by atoms with Gasteiger partial charge < -0.3 is 21.3 Å². The Morgan fingerprint density at radius 1 is 1.29 bits per heavy atom. The van der Waals surface area contributed by atoms with E-state index in [4.69, 9.17) is 15.9 Å². The van der Waals surface area contributed by atoms with Crippen LogP contribution in [0.4, 0.5) is 0 Å². The van der Waals surface area contributed by atoms with Gasteiger partial charge in [0.25, 0.3) is 0 Å². The molecule has 0 aliphatic heterocycles. The van der Waals surface area contributed by atoms with Crippen molar-refractivity contribution in [2.45, 2.75) is 19.1 Å². The quantitative estimate of drug-likeness (QED) is 0.427. The van der Waals surface area contributed by atoms with Crippen molar-refractivity contribution in [3.63, 3.8) is 0 Å². The van der Waals surface area contributed by atoms with E-state index in [2.05, 4.69) is 17.9 Å². The second kappa shape index (κ2) is 8.66. The van der Waals surface area contributed by atoms with Crippen LogP contribution in [0.15, 0.2) is 24.3 Å². The first kappa shape index (κ1) is 17.5. The number of hydrogen-bond donors (Lipinski definition) is 5. The minimum atomic E-state index is -1.61. The Hall–Kier alpha value is -1.57. The zero-order chi connectivity index (χ0) is 15.8. The lowest BCUT2D eigenvalue weighted by Crippen LogP contribution is -2.40. The minimum absolute atomic E-state index is 0.313. The molecule has 0 saturated carbocycles. The second-order valence-electron chi connectivity index (χ2n) is 4.66. The smallest absolute Gasteiger partial charge is 0.334 e. The molecule has 7 heteroatoms. The van der Waals surface area contributed by atoms with E-state index in [0.717, 1.165) is 11.1 Å². The van der Waals surface area contributed by atoms with Gasteiger partial charge >= 0.3 is 5.97 Å². The fourth-order valence-corrected chi connectivity index (χ4v) is 2.19. The highest BCUT2D eigenvalue weighted by molar-refractivity contribution is 7.80. The van der Waals surface area contributed by atoms with Crippen LogP contribution in [0, 0.1) is 5.92 Å². The molecule has 1 rings (SSSR count). The molecule has 0 fully saturated rings. The topological polar surface area (TPSA) is 113 Å². The van der Waals surface area contributed by atoms with Crippen LogP contribution in [0.1, 0.15) is 11.1 Å². The summed E-state index contributed by atoms with van der Waals surface area (Å²) < 4.78 is 0. The molecule has 0 aliphatic rings. The number of hydrogen-bond acceptors (Lipinski definition) is 5. The summed E-state index contributed by atoms with van der Waals surface area (Å²) >= 11 is 4.16. The number of aliphatic hydroxyl groups is 1. The highest BCUT2D eigenvalue weighted by Gasteiger charge is 2.21. The lowest BCUT2D eigenvalue weighted by molar-refractivity contribution is -0.146. The van der Waals surface area contributed by atoms with Crippen LogP contribution in [0.5, 0.6) is 0 Å². The number of nitrogens with one attached hydrogen (secondary N) is 1. The number of amides is 1. The number of rotatable bonds is 8. The molecule has 1 aromatic rings. The number of carboxylic acid groups (broad SMARTS) is 1. The molecule has 2 atom stereocenters. The average molecular weight is 312 g/mol. The first-order valence-corrected chi connectivity index (χ1v) is 7.19. The molecule has 116 valence electrons. The molecule has 0 radical (unpaired) electrons. The van der Waals surface area contributed by atoms with E-state index in [9.17, 15) is 9.59 Å². The van der Waals surface area contributed by atoms with Gasteiger partial charge in [-0.2, -0.15) is 12.6 Å². The van der Waals surface area contributed by atoms with Crippen molar-refractivity contribution in [1.82, 2.24) is 5.32 Å². The monoisotopic (exact) mass is 312 g/mol. The van der Waals surface area contributed by atoms with Crippen LogP contribution in [0.2, 0.25) is 0 Å². The van der Waals surface area contributed by atoms with Crippen molar-refractivity contribution in [3.8, 4) is 0 Å². The second-order valence-corrected chi connectivity index (χ2v) is 5.02. The first-order valence-electron chi connectivity index (χ1n) is 6.55. The molecule has 6 nitrogen and oxygen atoms in total. The standard InChI is InChI=1S/C14H20N2O4S/c15-6-10-4-2-1-3-9(10)5-11(8-21)13(18)16-7-12(17)14(19)20/h1-4,11-12,17,21H,5-8,15H2,(H,16,18)(H,19,20)/t11-,12+/m1/s1. The van der Waals surface area contributed by atoms with Crippen molar-refractivity contribution < 1.29 is 19.8 Å². The van der Waals surface area contributed by atoms with Gasteiger partial charge in [0.2, 0.25) is 5.91 Å². The summed E-state index contributed by atoms with van der Waals surface area (Å²) in [5.41, 5.74) is 7.58. The molecule has 0 aliphatic carbocycles. The van der Waals surface area contributed by atoms with Crippen LogP contribution in [0.3, 0.4) is 0 Å². The summed E-state index contributed by atoms with van der Waals surface area (Å²) in [6.07, 6.45) is -1.14. The Bertz CT molecular complexity index is 496. The molecule has 21 heavy (non-hydrogen) atoms. The molecular formula is C14H20N2O4S. The maximum atomic E-state index is 12.0. The van der Waals surface area contributed by atoms with Crippen LogP contribution in [-0.4, -0.2) is 40.5 Å². The maximum Gasteiger partial charge on any atom is 0.334 e. The van der Waals surface area contributed by atoms with Crippen LogP contribution >= 0.6 is 12.6 Å². The van der Waals surface area contributed by atoms with E-state index in [-0.39, 0.29) is 12.5 Å². The third kappa shape index (κ3) is 5.37. The van der Waals surface area contributed by atoms with Crippen molar-refractivity contribution in [3.05, 3.63) is 35.4 Å². The summed E-state index contributed by atoms with van der Waals surface area (Å²) in [7, 11) is 0. The van der Waals surface area contributed by atoms with Gasteiger partial charge in [0.05, 0.1) is 12.5 Å². The molecule has 1 amide bonds. The first-order chi connectivity index (χ1) is 9.99. The maximum absolute atomic E-state index is 12.0. The fourth-order valence-electron chi connectivity index (χ4n) is 1.89. The Kier molecular flexibility index (Phi) is 7.21. The van der Waals surface area contributed by atoms with Crippen LogP contribution < -0.4 is 11.1 Å². The van der Waals surface area contributed by atoms with Crippen molar-refractivity contribution in [2.75, 3.05) is 12.3 Å². The third-order valence-electron chi connectivity index (χ3n) is 3.15. The molecule has 5 N–H and O–H groups in total. The molecule has 0 unspecified atom stereocenters. The van der Waals surface area contributed by atoms with Gasteiger partial charge in [0.1, 0.15) is 0 Å². The van der Waals surface area contributed by atoms with Gasteiger partial charge in [-0.1, -0.05) is 24.3 Å². The number of nitrogens with two attached hydrogens (primary N) is 1. The molecule has 0 heterocycles. The van der Waals surface area contributed by atoms with E-state index in [0.29, 0.717) is 18.7 Å². The predicted octanol–water partition coefficient (Wildman–Crippen LogP) is -0.204. The van der Waals surface area contributed by atoms with Gasteiger partial charge in [-0.15, -0.1) is 0 Å². The van der Waals surface area contributed by atoms with E-state index >= 15 is 0 Å². The summed E-state index contributed by atoms with van der Waals surface area (Å²) in [5, 5.41) is 20.1. The number of benzene rings is 1. The molecule has 0 spiro atoms. The molecule has 1 aromatic carbocycles. The zero-order valence-electron chi connectivity index (χ0n) is 11.5. The predicted molar refractivity (Wildman–Crippen MR) is 82.0 cm³/mol. The van der Waals surface area contributed by atoms with E-state index < -0.39 is 18.0 Å². The highest BCUT2D eigenvalue weighted by atomic mass is 32.1. The number of aliphatic hydroxyl groups excluding tert-OH is 1. The summed E-state index contributed by atoms with van der Waals surface area (Å²) in [6.45, 7) is 0.0613. The summed E-state index contributed by atoms with van der Waals surface area (Å²) in [6, 6.07) is 7.55. The van der Waals surface area contributed by atoms with Crippen molar-refractivity contribution >= 4 is 24.5 Å². The summed E-state index contributed by atoms with van der Waals surface area (Å²) in [4.78, 5) is 22.5. The number of carbonyl (C=O) groups excluding carboxylic acids is 1. The van der Waals surface area contributed by atoms with Gasteiger partial charge in [-0.3, -0.25) is 4.79 Å². The minimum Gasteiger partial charge on any atom is -0.479 e. The fraction of sp³-hybridized carbons (Fsp3) is 0.429. The van der Waals surface area contributed by atoms with Crippen molar-refractivity contribution in [2.24, 2.45) is 11.7 Å². The van der Waals surface area contributed by atoms with Gasteiger partial charge in [-0.25, -0.2) is 4.79 Å². The van der Waals surface area contributed by atoms with Gasteiger partial charge in [-0.05, 0) is 17.5 Å². The van der Waals surface area contributed by atoms with Crippen LogP contribution in [0.25, 0.3) is 0 Å².